The molecule has 11 heteroatoms. The number of amides is 2. The molecule has 1 aliphatic heterocycles. The first-order valence-corrected chi connectivity index (χ1v) is 11.2. The van der Waals surface area contributed by atoms with Crippen LogP contribution >= 0.6 is 11.5 Å². The zero-order chi connectivity index (χ0) is 23.4. The standard InChI is InChI=1S/C22H23N5O5S/c1-13(12-28)31-17-8-16(20(29)25-22-24-14(2)26-33-22)9-18(10-17)32-19-5-4-15(11-23-19)21(30)27-6-3-7-27/h4-5,8-11,13,28H,3,6-7,12H2,1-2H3,(H,24,25,26,29)/t13-/m0/s1. The first-order valence-electron chi connectivity index (χ1n) is 10.4. The third kappa shape index (κ3) is 5.62. The second-order valence-electron chi connectivity index (χ2n) is 7.54. The van der Waals surface area contributed by atoms with Crippen molar-refractivity contribution in [2.45, 2.75) is 26.4 Å². The van der Waals surface area contributed by atoms with E-state index in [1.54, 1.807) is 49.1 Å². The van der Waals surface area contributed by atoms with Gasteiger partial charge in [0.25, 0.3) is 11.8 Å². The molecule has 3 aromatic rings. The van der Waals surface area contributed by atoms with Crippen molar-refractivity contribution in [1.29, 1.82) is 0 Å². The van der Waals surface area contributed by atoms with Gasteiger partial charge < -0.3 is 19.5 Å². The van der Waals surface area contributed by atoms with Gasteiger partial charge in [-0.1, -0.05) is 0 Å². The first kappa shape index (κ1) is 22.6. The van der Waals surface area contributed by atoms with E-state index in [0.29, 0.717) is 28.0 Å². The Hall–Kier alpha value is -3.57. The van der Waals surface area contributed by atoms with Crippen molar-refractivity contribution < 1.29 is 24.2 Å². The molecule has 0 aliphatic carbocycles. The number of hydrogen-bond donors (Lipinski definition) is 2. The number of aliphatic hydroxyl groups is 1. The molecule has 1 fully saturated rings. The van der Waals surface area contributed by atoms with E-state index in [9.17, 15) is 14.7 Å². The van der Waals surface area contributed by atoms with Crippen LogP contribution in [0.25, 0.3) is 0 Å². The number of rotatable bonds is 8. The summed E-state index contributed by atoms with van der Waals surface area (Å²) >= 11 is 1.08. The molecule has 0 bridgehead atoms. The first-order chi connectivity index (χ1) is 15.9. The number of aliphatic hydroxyl groups excluding tert-OH is 1. The summed E-state index contributed by atoms with van der Waals surface area (Å²) in [5.74, 6) is 1.01. The van der Waals surface area contributed by atoms with Crippen LogP contribution in [-0.4, -0.2) is 62.0 Å². The third-order valence-electron chi connectivity index (χ3n) is 4.83. The molecule has 3 heterocycles. The topological polar surface area (TPSA) is 127 Å². The monoisotopic (exact) mass is 469 g/mol. The van der Waals surface area contributed by atoms with Gasteiger partial charge in [-0.3, -0.25) is 14.9 Å². The Balaban J connectivity index is 1.54. The van der Waals surface area contributed by atoms with Crippen molar-refractivity contribution in [2.24, 2.45) is 0 Å². The SMILES string of the molecule is Cc1nsc(NC(=O)c2cc(Oc3ccc(C(=O)N4CCC4)cn3)cc(O[C@@H](C)CO)c2)n1. The second-order valence-corrected chi connectivity index (χ2v) is 8.29. The lowest BCUT2D eigenvalue weighted by molar-refractivity contribution is 0.0651. The number of aryl methyl sites for hydroxylation is 1. The van der Waals surface area contributed by atoms with E-state index in [1.807, 2.05) is 0 Å². The number of aromatic nitrogens is 3. The molecule has 0 spiro atoms. The van der Waals surface area contributed by atoms with Crippen LogP contribution in [0.3, 0.4) is 0 Å². The molecule has 2 amide bonds. The molecule has 1 atom stereocenters. The van der Waals surface area contributed by atoms with Crippen molar-refractivity contribution >= 4 is 28.5 Å². The molecule has 4 rings (SSSR count). The van der Waals surface area contributed by atoms with E-state index in [1.165, 1.54) is 6.20 Å². The van der Waals surface area contributed by atoms with Crippen molar-refractivity contribution in [3.05, 3.63) is 53.5 Å². The van der Waals surface area contributed by atoms with Crippen LogP contribution in [0.5, 0.6) is 17.4 Å². The minimum atomic E-state index is -0.480. The molecule has 10 nitrogen and oxygen atoms in total. The quantitative estimate of drug-likeness (QED) is 0.516. The summed E-state index contributed by atoms with van der Waals surface area (Å²) in [6.07, 6.45) is 2.00. The highest BCUT2D eigenvalue weighted by molar-refractivity contribution is 7.09. The maximum atomic E-state index is 12.8. The summed E-state index contributed by atoms with van der Waals surface area (Å²) in [4.78, 5) is 35.2. The fourth-order valence-electron chi connectivity index (χ4n) is 3.01. The summed E-state index contributed by atoms with van der Waals surface area (Å²) < 4.78 is 15.6. The zero-order valence-electron chi connectivity index (χ0n) is 18.1. The van der Waals surface area contributed by atoms with E-state index in [2.05, 4.69) is 19.7 Å². The number of hydrogen-bond acceptors (Lipinski definition) is 9. The Kier molecular flexibility index (Phi) is 6.80. The second kappa shape index (κ2) is 9.92. The smallest absolute Gasteiger partial charge is 0.257 e. The number of nitrogens with one attached hydrogen (secondary N) is 1. The average molecular weight is 470 g/mol. The van der Waals surface area contributed by atoms with Gasteiger partial charge in [0.2, 0.25) is 11.0 Å². The number of anilines is 1. The number of benzene rings is 1. The number of nitrogens with zero attached hydrogens (tertiary/aromatic N) is 4. The van der Waals surface area contributed by atoms with E-state index in [4.69, 9.17) is 9.47 Å². The molecule has 1 aromatic carbocycles. The largest absolute Gasteiger partial charge is 0.488 e. The Morgan fingerprint density at radius 3 is 2.61 bits per heavy atom. The van der Waals surface area contributed by atoms with Gasteiger partial charge in [0.1, 0.15) is 23.4 Å². The van der Waals surface area contributed by atoms with Crippen molar-refractivity contribution in [3.63, 3.8) is 0 Å². The van der Waals surface area contributed by atoms with E-state index in [0.717, 1.165) is 31.0 Å². The lowest BCUT2D eigenvalue weighted by atomic mass is 10.1. The molecule has 0 unspecified atom stereocenters. The van der Waals surface area contributed by atoms with Crippen LogP contribution in [0.15, 0.2) is 36.5 Å². The Bertz CT molecular complexity index is 1150. The van der Waals surface area contributed by atoms with Crippen LogP contribution < -0.4 is 14.8 Å². The molecule has 2 N–H and O–H groups in total. The number of carbonyl (C=O) groups excluding carboxylic acids is 2. The highest BCUT2D eigenvalue weighted by atomic mass is 32.1. The molecule has 1 aliphatic rings. The summed E-state index contributed by atoms with van der Waals surface area (Å²) in [5.41, 5.74) is 0.758. The number of pyridine rings is 1. The van der Waals surface area contributed by atoms with Gasteiger partial charge in [0, 0.05) is 48.5 Å². The van der Waals surface area contributed by atoms with Crippen LogP contribution in [0.4, 0.5) is 5.13 Å². The lowest BCUT2D eigenvalue weighted by Gasteiger charge is -2.30. The van der Waals surface area contributed by atoms with Crippen LogP contribution in [0.1, 0.15) is 39.9 Å². The lowest BCUT2D eigenvalue weighted by Crippen LogP contribution is -2.42. The summed E-state index contributed by atoms with van der Waals surface area (Å²) in [5, 5.41) is 12.4. The number of carbonyl (C=O) groups is 2. The third-order valence-corrected chi connectivity index (χ3v) is 5.56. The molecule has 1 saturated heterocycles. The van der Waals surface area contributed by atoms with E-state index in [-0.39, 0.29) is 24.0 Å². The van der Waals surface area contributed by atoms with Crippen molar-refractivity contribution in [2.75, 3.05) is 25.0 Å². The summed E-state index contributed by atoms with van der Waals surface area (Å²) in [6.45, 7) is 4.77. The summed E-state index contributed by atoms with van der Waals surface area (Å²) in [7, 11) is 0. The minimum Gasteiger partial charge on any atom is -0.488 e. The van der Waals surface area contributed by atoms with E-state index < -0.39 is 12.0 Å². The number of ether oxygens (including phenoxy) is 2. The molecule has 2 aromatic heterocycles. The summed E-state index contributed by atoms with van der Waals surface area (Å²) in [6, 6.07) is 7.94. The van der Waals surface area contributed by atoms with Gasteiger partial charge in [-0.15, -0.1) is 0 Å². The molecule has 172 valence electrons. The van der Waals surface area contributed by atoms with Gasteiger partial charge in [0.05, 0.1) is 12.2 Å². The highest BCUT2D eigenvalue weighted by Crippen LogP contribution is 2.28. The van der Waals surface area contributed by atoms with Crippen LogP contribution in [-0.2, 0) is 0 Å². The predicted octanol–water partition coefficient (Wildman–Crippen LogP) is 2.89. The van der Waals surface area contributed by atoms with Crippen molar-refractivity contribution in [1.82, 2.24) is 19.2 Å². The fourth-order valence-corrected chi connectivity index (χ4v) is 3.58. The normalized spacial score (nSPS) is 13.7. The maximum absolute atomic E-state index is 12.8. The predicted molar refractivity (Wildman–Crippen MR) is 121 cm³/mol. The zero-order valence-corrected chi connectivity index (χ0v) is 19.0. The molecule has 0 radical (unpaired) electrons. The number of likely N-dealkylation sites (tertiary alicyclic amines) is 1. The Morgan fingerprint density at radius 2 is 2.00 bits per heavy atom. The van der Waals surface area contributed by atoms with Gasteiger partial charge in [-0.2, -0.15) is 4.37 Å². The fraction of sp³-hybridized carbons (Fsp3) is 0.318. The van der Waals surface area contributed by atoms with Gasteiger partial charge in [-0.25, -0.2) is 9.97 Å². The van der Waals surface area contributed by atoms with Crippen molar-refractivity contribution in [3.8, 4) is 17.4 Å². The van der Waals surface area contributed by atoms with E-state index >= 15 is 0 Å². The van der Waals surface area contributed by atoms with Crippen LogP contribution in [0.2, 0.25) is 0 Å². The van der Waals surface area contributed by atoms with Crippen LogP contribution in [0, 0.1) is 6.92 Å². The molecular weight excluding hydrogens is 446 g/mol. The maximum Gasteiger partial charge on any atom is 0.257 e. The highest BCUT2D eigenvalue weighted by Gasteiger charge is 2.22. The Morgan fingerprint density at radius 1 is 1.21 bits per heavy atom. The van der Waals surface area contributed by atoms with Gasteiger partial charge in [0.15, 0.2) is 0 Å². The molecule has 0 saturated carbocycles. The minimum absolute atomic E-state index is 0.0560. The van der Waals surface area contributed by atoms with Gasteiger partial charge >= 0.3 is 0 Å². The molecule has 33 heavy (non-hydrogen) atoms. The molecular formula is C22H23N5O5S. The Labute approximate surface area is 194 Å². The van der Waals surface area contributed by atoms with Gasteiger partial charge in [-0.05, 0) is 38.5 Å². The average Bonchev–Trinajstić information content (AvgIpc) is 3.17.